The van der Waals surface area contributed by atoms with Crippen molar-refractivity contribution in [1.29, 1.82) is 0 Å². The van der Waals surface area contributed by atoms with Gasteiger partial charge >= 0.3 is 0 Å². The van der Waals surface area contributed by atoms with Crippen LogP contribution < -0.4 is 10.5 Å². The number of hydrogen-bond acceptors (Lipinski definition) is 6. The summed E-state index contributed by atoms with van der Waals surface area (Å²) in [5, 5.41) is 20.7. The summed E-state index contributed by atoms with van der Waals surface area (Å²) in [7, 11) is 0. The van der Waals surface area contributed by atoms with Crippen LogP contribution in [0.2, 0.25) is 0 Å². The maximum atomic E-state index is 12.1. The molecule has 2 aromatic heterocycles. The molecule has 3 heterocycles. The molecular weight excluding hydrogens is 370 g/mol. The Morgan fingerprint density at radius 2 is 1.97 bits per heavy atom. The van der Waals surface area contributed by atoms with Crippen LogP contribution >= 0.6 is 0 Å². The Kier molecular flexibility index (Phi) is 5.09. The van der Waals surface area contributed by atoms with Gasteiger partial charge in [0.15, 0.2) is 0 Å². The zero-order valence-electron chi connectivity index (χ0n) is 16.4. The second-order valence-corrected chi connectivity index (χ2v) is 6.90. The van der Waals surface area contributed by atoms with Crippen LogP contribution in [0.15, 0.2) is 59.3 Å². The normalized spacial score (nSPS) is 13.3. The zero-order valence-corrected chi connectivity index (χ0v) is 16.4. The van der Waals surface area contributed by atoms with Gasteiger partial charge < -0.3 is 9.73 Å². The number of aromatic nitrogens is 2. The van der Waals surface area contributed by atoms with E-state index in [-0.39, 0.29) is 12.3 Å². The number of furan rings is 1. The molecule has 1 aliphatic heterocycles. The molecule has 3 aromatic rings. The minimum Gasteiger partial charge on any atom is -0.467 e. The lowest BCUT2D eigenvalue weighted by molar-refractivity contribution is -0.121. The molecule has 1 aromatic carbocycles. The fourth-order valence-electron chi connectivity index (χ4n) is 3.44. The number of amides is 1. The Morgan fingerprint density at radius 1 is 1.17 bits per heavy atom. The Hall–Kier alpha value is -3.52. The highest BCUT2D eigenvalue weighted by Gasteiger charge is 2.28. The molecule has 0 atom stereocenters. The maximum Gasteiger partial charge on any atom is 0.222 e. The second-order valence-electron chi connectivity index (χ2n) is 6.90. The van der Waals surface area contributed by atoms with Gasteiger partial charge in [0, 0.05) is 18.2 Å². The zero-order chi connectivity index (χ0) is 20.4. The molecule has 0 bridgehead atoms. The van der Waals surface area contributed by atoms with Crippen LogP contribution in [-0.4, -0.2) is 32.4 Å². The van der Waals surface area contributed by atoms with Gasteiger partial charge in [0.25, 0.3) is 0 Å². The summed E-state index contributed by atoms with van der Waals surface area (Å²) in [6, 6.07) is 13.4. The molecule has 0 aliphatic carbocycles. The summed E-state index contributed by atoms with van der Waals surface area (Å²) in [4.78, 5) is 12.1. The molecule has 0 spiro atoms. The molecular formula is C21H23N5O3. The highest BCUT2D eigenvalue weighted by molar-refractivity contribution is 5.78. The first kappa shape index (κ1) is 18.8. The number of hydrazine groups is 1. The summed E-state index contributed by atoms with van der Waals surface area (Å²) < 4.78 is 7.02. The topological polar surface area (TPSA) is 86.8 Å². The summed E-state index contributed by atoms with van der Waals surface area (Å²) in [6.45, 7) is 4.60. The van der Waals surface area contributed by atoms with E-state index in [1.165, 1.54) is 0 Å². The summed E-state index contributed by atoms with van der Waals surface area (Å²) in [6.07, 6.45) is 3.61. The van der Waals surface area contributed by atoms with E-state index in [0.717, 1.165) is 27.7 Å². The Bertz CT molecular complexity index is 1020. The Labute approximate surface area is 168 Å². The van der Waals surface area contributed by atoms with Crippen LogP contribution in [0.1, 0.15) is 30.4 Å². The van der Waals surface area contributed by atoms with Crippen molar-refractivity contribution in [2.75, 3.05) is 11.7 Å². The molecule has 0 unspecified atom stereocenters. The van der Waals surface area contributed by atoms with Gasteiger partial charge in [-0.25, -0.2) is 4.68 Å². The van der Waals surface area contributed by atoms with Crippen molar-refractivity contribution in [3.05, 3.63) is 71.9 Å². The van der Waals surface area contributed by atoms with Crippen molar-refractivity contribution >= 4 is 17.3 Å². The second kappa shape index (κ2) is 7.84. The van der Waals surface area contributed by atoms with E-state index in [9.17, 15) is 10.0 Å². The molecule has 8 heteroatoms. The first-order valence-corrected chi connectivity index (χ1v) is 9.43. The number of allylic oxidation sites excluding steroid dienone is 1. The Balaban J connectivity index is 1.46. The van der Waals surface area contributed by atoms with Crippen molar-refractivity contribution < 1.29 is 14.4 Å². The quantitative estimate of drug-likeness (QED) is 0.668. The van der Waals surface area contributed by atoms with E-state index in [0.29, 0.717) is 24.7 Å². The minimum atomic E-state index is -0.127. The minimum absolute atomic E-state index is 0.127. The van der Waals surface area contributed by atoms with Gasteiger partial charge in [-0.05, 0) is 43.7 Å². The summed E-state index contributed by atoms with van der Waals surface area (Å²) in [5.41, 5.74) is 3.72. The molecule has 0 saturated heterocycles. The van der Waals surface area contributed by atoms with Gasteiger partial charge in [0.1, 0.15) is 5.76 Å². The van der Waals surface area contributed by atoms with E-state index in [2.05, 4.69) is 10.4 Å². The fraction of sp³-hybridized carbons (Fsp3) is 0.238. The van der Waals surface area contributed by atoms with Crippen molar-refractivity contribution in [2.45, 2.75) is 26.8 Å². The van der Waals surface area contributed by atoms with Crippen LogP contribution in [0.4, 0.5) is 5.82 Å². The third kappa shape index (κ3) is 3.74. The number of nitrogens with one attached hydrogen (secondary N) is 1. The Morgan fingerprint density at radius 3 is 2.69 bits per heavy atom. The van der Waals surface area contributed by atoms with Gasteiger partial charge in [0.05, 0.1) is 30.7 Å². The van der Waals surface area contributed by atoms with Crippen LogP contribution in [0, 0.1) is 6.92 Å². The van der Waals surface area contributed by atoms with Crippen LogP contribution in [-0.2, 0) is 11.3 Å². The molecule has 0 radical (unpaired) electrons. The van der Waals surface area contributed by atoms with Gasteiger partial charge in [-0.15, -0.1) is 10.3 Å². The average Bonchev–Trinajstić information content (AvgIpc) is 3.37. The highest BCUT2D eigenvalue weighted by Crippen LogP contribution is 2.35. The summed E-state index contributed by atoms with van der Waals surface area (Å²) in [5.74, 6) is 1.02. The highest BCUT2D eigenvalue weighted by atomic mass is 16.6. The molecule has 0 fully saturated rings. The molecule has 1 amide bonds. The number of anilines is 1. The van der Waals surface area contributed by atoms with E-state index in [1.807, 2.05) is 55.1 Å². The number of rotatable bonds is 6. The third-order valence-corrected chi connectivity index (χ3v) is 4.88. The largest absolute Gasteiger partial charge is 0.467 e. The van der Waals surface area contributed by atoms with Crippen molar-refractivity contribution in [3.8, 4) is 5.69 Å². The number of nitrogens with zero attached hydrogens (tertiary/aromatic N) is 4. The molecule has 4 rings (SSSR count). The SMILES string of the molecule is CC1=CN(CCC(=O)NCc2ccco2)N(O)c2nn(-c3ccccc3)c(C)c21. The van der Waals surface area contributed by atoms with Crippen LogP contribution in [0.25, 0.3) is 11.3 Å². The van der Waals surface area contributed by atoms with Crippen molar-refractivity contribution in [2.24, 2.45) is 0 Å². The molecule has 8 nitrogen and oxygen atoms in total. The number of hydrogen-bond donors (Lipinski definition) is 2. The van der Waals surface area contributed by atoms with Gasteiger partial charge in [-0.3, -0.25) is 15.0 Å². The number of benzene rings is 1. The lowest BCUT2D eigenvalue weighted by Crippen LogP contribution is -2.41. The van der Waals surface area contributed by atoms with Gasteiger partial charge in [0.2, 0.25) is 11.7 Å². The standard InChI is InChI=1S/C21H23N5O3/c1-15-14-24(11-10-19(27)22-13-18-9-6-12-29-18)26(28)21-20(15)16(2)25(23-21)17-7-4-3-5-8-17/h3-9,12,14,28H,10-11,13H2,1-2H3,(H,22,27). The van der Waals surface area contributed by atoms with E-state index >= 15 is 0 Å². The van der Waals surface area contributed by atoms with Crippen molar-refractivity contribution in [3.63, 3.8) is 0 Å². The van der Waals surface area contributed by atoms with Crippen molar-refractivity contribution in [1.82, 2.24) is 20.1 Å². The first-order valence-electron chi connectivity index (χ1n) is 9.43. The number of para-hydroxylation sites is 1. The third-order valence-electron chi connectivity index (χ3n) is 4.88. The van der Waals surface area contributed by atoms with Crippen LogP contribution in [0.5, 0.6) is 0 Å². The predicted molar refractivity (Wildman–Crippen MR) is 108 cm³/mol. The molecule has 2 N–H and O–H groups in total. The molecule has 0 saturated carbocycles. The number of carbonyl (C=O) groups is 1. The smallest absolute Gasteiger partial charge is 0.222 e. The molecule has 1 aliphatic rings. The first-order chi connectivity index (χ1) is 14.0. The number of fused-ring (bicyclic) bond motifs is 1. The molecule has 150 valence electrons. The number of carbonyl (C=O) groups excluding carboxylic acids is 1. The van der Waals surface area contributed by atoms with E-state index < -0.39 is 0 Å². The van der Waals surface area contributed by atoms with E-state index in [4.69, 9.17) is 4.42 Å². The molecule has 29 heavy (non-hydrogen) atoms. The lowest BCUT2D eigenvalue weighted by atomic mass is 10.1. The fourth-order valence-corrected chi connectivity index (χ4v) is 3.44. The van der Waals surface area contributed by atoms with Crippen LogP contribution in [0.3, 0.4) is 0 Å². The van der Waals surface area contributed by atoms with Gasteiger partial charge in [-0.1, -0.05) is 18.2 Å². The maximum absolute atomic E-state index is 12.1. The average molecular weight is 393 g/mol. The van der Waals surface area contributed by atoms with E-state index in [1.54, 1.807) is 23.4 Å². The predicted octanol–water partition coefficient (Wildman–Crippen LogP) is 3.27. The van der Waals surface area contributed by atoms with Gasteiger partial charge in [-0.2, -0.15) is 0 Å². The summed E-state index contributed by atoms with van der Waals surface area (Å²) >= 11 is 0. The lowest BCUT2D eigenvalue weighted by Gasteiger charge is -2.32. The monoisotopic (exact) mass is 393 g/mol.